The van der Waals surface area contributed by atoms with Gasteiger partial charge in [-0.05, 0) is 12.1 Å². The number of esters is 2. The summed E-state index contributed by atoms with van der Waals surface area (Å²) in [5, 5.41) is 0. The van der Waals surface area contributed by atoms with Gasteiger partial charge in [0.2, 0.25) is 0 Å². The van der Waals surface area contributed by atoms with Crippen molar-refractivity contribution in [3.8, 4) is 11.5 Å². The van der Waals surface area contributed by atoms with Gasteiger partial charge >= 0.3 is 11.9 Å². The molecule has 0 fully saturated rings. The minimum Gasteiger partial charge on any atom is -0.493 e. The van der Waals surface area contributed by atoms with E-state index in [1.807, 2.05) is 0 Å². The quantitative estimate of drug-likeness (QED) is 0.228. The average Bonchev–Trinajstić information content (AvgIpc) is 2.54. The van der Waals surface area contributed by atoms with E-state index in [-0.39, 0.29) is 24.7 Å². The molecule has 0 radical (unpaired) electrons. The van der Waals surface area contributed by atoms with E-state index in [0.717, 1.165) is 12.2 Å². The number of benzene rings is 1. The van der Waals surface area contributed by atoms with Gasteiger partial charge in [0.15, 0.2) is 6.29 Å². The van der Waals surface area contributed by atoms with Crippen molar-refractivity contribution in [1.29, 1.82) is 0 Å². The lowest BCUT2D eigenvalue weighted by atomic mass is 10.2. The minimum atomic E-state index is -0.610. The first-order valence-corrected chi connectivity index (χ1v) is 6.46. The first-order chi connectivity index (χ1) is 10.6. The zero-order valence-electron chi connectivity index (χ0n) is 11.9. The molecule has 0 atom stereocenters. The summed E-state index contributed by atoms with van der Waals surface area (Å²) in [5.41, 5.74) is 0.321. The van der Waals surface area contributed by atoms with Crippen LogP contribution in [0, 0.1) is 0 Å². The second-order valence-electron chi connectivity index (χ2n) is 4.02. The Kier molecular flexibility index (Phi) is 7.12. The van der Waals surface area contributed by atoms with E-state index in [1.54, 1.807) is 0 Å². The largest absolute Gasteiger partial charge is 0.493 e. The van der Waals surface area contributed by atoms with Gasteiger partial charge in [0, 0.05) is 24.6 Å². The third-order valence-corrected chi connectivity index (χ3v) is 2.45. The lowest BCUT2D eigenvalue weighted by Crippen LogP contribution is -2.08. The molecule has 1 rings (SSSR count). The molecule has 0 bridgehead atoms. The van der Waals surface area contributed by atoms with Crippen molar-refractivity contribution in [3.05, 3.63) is 49.1 Å². The summed E-state index contributed by atoms with van der Waals surface area (Å²) in [4.78, 5) is 32.9. The van der Waals surface area contributed by atoms with Crippen LogP contribution in [0.25, 0.3) is 0 Å². The van der Waals surface area contributed by atoms with Crippen molar-refractivity contribution in [2.45, 2.75) is 6.42 Å². The fourth-order valence-electron chi connectivity index (χ4n) is 1.43. The first kappa shape index (κ1) is 17.2. The summed E-state index contributed by atoms with van der Waals surface area (Å²) in [7, 11) is 0. The van der Waals surface area contributed by atoms with Gasteiger partial charge in [-0.15, -0.1) is 0 Å². The number of hydrogen-bond donors (Lipinski definition) is 0. The van der Waals surface area contributed by atoms with E-state index < -0.39 is 11.9 Å². The third kappa shape index (κ3) is 5.62. The Hall–Kier alpha value is -2.89. The number of carbonyl (C=O) groups is 3. The predicted molar refractivity (Wildman–Crippen MR) is 78.9 cm³/mol. The maximum atomic E-state index is 11.1. The van der Waals surface area contributed by atoms with Crippen LogP contribution in [0.15, 0.2) is 43.5 Å². The number of ether oxygens (including phenoxy) is 3. The molecular weight excluding hydrogens is 288 g/mol. The normalized spacial score (nSPS) is 9.45. The van der Waals surface area contributed by atoms with E-state index in [1.165, 1.54) is 18.2 Å². The Bertz CT molecular complexity index is 576. The SMILES string of the molecule is C=CC(=O)OCCCOc1cc(OC(=O)C=C)ccc1C=O. The van der Waals surface area contributed by atoms with Crippen LogP contribution in [0.3, 0.4) is 0 Å². The van der Waals surface area contributed by atoms with Gasteiger partial charge in [0.05, 0.1) is 18.8 Å². The highest BCUT2D eigenvalue weighted by Gasteiger charge is 2.08. The lowest BCUT2D eigenvalue weighted by molar-refractivity contribution is -0.138. The predicted octanol–water partition coefficient (Wildman–Crippen LogP) is 2.09. The van der Waals surface area contributed by atoms with Gasteiger partial charge < -0.3 is 14.2 Å². The molecule has 0 aliphatic carbocycles. The molecule has 0 saturated heterocycles. The van der Waals surface area contributed by atoms with Crippen molar-refractivity contribution in [1.82, 2.24) is 0 Å². The van der Waals surface area contributed by atoms with Crippen LogP contribution in [0.1, 0.15) is 16.8 Å². The van der Waals surface area contributed by atoms with Crippen LogP contribution < -0.4 is 9.47 Å². The second kappa shape index (κ2) is 9.12. The molecular formula is C16H16O6. The van der Waals surface area contributed by atoms with Crippen molar-refractivity contribution in [3.63, 3.8) is 0 Å². The molecule has 0 aliphatic rings. The monoisotopic (exact) mass is 304 g/mol. The molecule has 0 aromatic heterocycles. The molecule has 0 amide bonds. The van der Waals surface area contributed by atoms with Crippen LogP contribution in [0.5, 0.6) is 11.5 Å². The van der Waals surface area contributed by atoms with Crippen molar-refractivity contribution in [2.75, 3.05) is 13.2 Å². The third-order valence-electron chi connectivity index (χ3n) is 2.45. The van der Waals surface area contributed by atoms with E-state index in [0.29, 0.717) is 18.3 Å². The van der Waals surface area contributed by atoms with Gasteiger partial charge in [-0.25, -0.2) is 9.59 Å². The molecule has 22 heavy (non-hydrogen) atoms. The molecule has 6 nitrogen and oxygen atoms in total. The molecule has 116 valence electrons. The topological polar surface area (TPSA) is 78.9 Å². The lowest BCUT2D eigenvalue weighted by Gasteiger charge is -2.10. The Labute approximate surface area is 128 Å². The van der Waals surface area contributed by atoms with Gasteiger partial charge in [0.25, 0.3) is 0 Å². The molecule has 0 unspecified atom stereocenters. The average molecular weight is 304 g/mol. The van der Waals surface area contributed by atoms with Gasteiger partial charge in [-0.1, -0.05) is 13.2 Å². The number of hydrogen-bond acceptors (Lipinski definition) is 6. The Morgan fingerprint density at radius 3 is 2.45 bits per heavy atom. The first-order valence-electron chi connectivity index (χ1n) is 6.46. The van der Waals surface area contributed by atoms with Crippen molar-refractivity contribution >= 4 is 18.2 Å². The smallest absolute Gasteiger partial charge is 0.335 e. The highest BCUT2D eigenvalue weighted by Crippen LogP contribution is 2.24. The number of aldehydes is 1. The summed E-state index contributed by atoms with van der Waals surface area (Å²) in [6.45, 7) is 6.97. The number of carbonyl (C=O) groups excluding carboxylic acids is 3. The van der Waals surface area contributed by atoms with Gasteiger partial charge in [0.1, 0.15) is 11.5 Å². The summed E-state index contributed by atoms with van der Waals surface area (Å²) in [6, 6.07) is 4.39. The maximum Gasteiger partial charge on any atom is 0.335 e. The fraction of sp³-hybridized carbons (Fsp3) is 0.188. The minimum absolute atomic E-state index is 0.173. The number of rotatable bonds is 9. The molecule has 1 aromatic carbocycles. The standard InChI is InChI=1S/C16H16O6/c1-3-15(18)21-9-5-8-20-14-10-13(22-16(19)4-2)7-6-12(14)11-17/h3-4,6-7,10-11H,1-2,5,8-9H2. The van der Waals surface area contributed by atoms with Crippen LogP contribution >= 0.6 is 0 Å². The van der Waals surface area contributed by atoms with Gasteiger partial charge in [-0.2, -0.15) is 0 Å². The highest BCUT2D eigenvalue weighted by atomic mass is 16.5. The van der Waals surface area contributed by atoms with E-state index >= 15 is 0 Å². The summed E-state index contributed by atoms with van der Waals surface area (Å²) in [6.07, 6.45) is 3.17. The van der Waals surface area contributed by atoms with E-state index in [2.05, 4.69) is 13.2 Å². The van der Waals surface area contributed by atoms with Crippen LogP contribution in [-0.2, 0) is 14.3 Å². The van der Waals surface area contributed by atoms with Crippen LogP contribution in [0.2, 0.25) is 0 Å². The molecule has 0 saturated carbocycles. The summed E-state index contributed by atoms with van der Waals surface area (Å²) < 4.78 is 15.2. The van der Waals surface area contributed by atoms with Crippen LogP contribution in [-0.4, -0.2) is 31.4 Å². The molecule has 0 N–H and O–H groups in total. The Balaban J connectivity index is 2.59. The highest BCUT2D eigenvalue weighted by molar-refractivity contribution is 5.84. The Morgan fingerprint density at radius 1 is 1.09 bits per heavy atom. The van der Waals surface area contributed by atoms with Crippen molar-refractivity contribution in [2.24, 2.45) is 0 Å². The van der Waals surface area contributed by atoms with Gasteiger partial charge in [-0.3, -0.25) is 4.79 Å². The van der Waals surface area contributed by atoms with Crippen molar-refractivity contribution < 1.29 is 28.6 Å². The van der Waals surface area contributed by atoms with E-state index in [9.17, 15) is 14.4 Å². The summed E-state index contributed by atoms with van der Waals surface area (Å²) in [5.74, 6) is -0.601. The second-order valence-corrected chi connectivity index (χ2v) is 4.02. The van der Waals surface area contributed by atoms with E-state index in [4.69, 9.17) is 14.2 Å². The molecule has 1 aromatic rings. The molecule has 0 aliphatic heterocycles. The fourth-order valence-corrected chi connectivity index (χ4v) is 1.43. The van der Waals surface area contributed by atoms with Crippen LogP contribution in [0.4, 0.5) is 0 Å². The molecule has 6 heteroatoms. The summed E-state index contributed by atoms with van der Waals surface area (Å²) >= 11 is 0. The zero-order valence-corrected chi connectivity index (χ0v) is 11.9. The zero-order chi connectivity index (χ0) is 16.4. The molecule has 0 spiro atoms. The Morgan fingerprint density at radius 2 is 1.82 bits per heavy atom. The molecule has 0 heterocycles. The maximum absolute atomic E-state index is 11.1.